The highest BCUT2D eigenvalue weighted by atomic mass is 35.5. The van der Waals surface area contributed by atoms with Crippen LogP contribution in [0.15, 0.2) is 27.4 Å². The van der Waals surface area contributed by atoms with Gasteiger partial charge < -0.3 is 4.42 Å². The van der Waals surface area contributed by atoms with Gasteiger partial charge in [-0.15, -0.1) is 0 Å². The van der Waals surface area contributed by atoms with Crippen LogP contribution in [0.3, 0.4) is 0 Å². The van der Waals surface area contributed by atoms with Crippen LogP contribution in [0, 0.1) is 0 Å². The van der Waals surface area contributed by atoms with Crippen LogP contribution < -0.4 is 5.63 Å². The van der Waals surface area contributed by atoms with Gasteiger partial charge in [-0.1, -0.05) is 31.4 Å². The van der Waals surface area contributed by atoms with Crippen LogP contribution in [0.5, 0.6) is 0 Å². The Kier molecular flexibility index (Phi) is 4.55. The average Bonchev–Trinajstić information content (AvgIpc) is 3.01. The van der Waals surface area contributed by atoms with Crippen LogP contribution in [-0.4, -0.2) is 18.0 Å². The molecule has 0 saturated heterocycles. The summed E-state index contributed by atoms with van der Waals surface area (Å²) in [7, 11) is 2.14. The molecule has 1 heterocycles. The first-order valence-corrected chi connectivity index (χ1v) is 8.41. The second kappa shape index (κ2) is 6.43. The Morgan fingerprint density at radius 3 is 2.64 bits per heavy atom. The molecule has 1 aliphatic rings. The molecule has 22 heavy (non-hydrogen) atoms. The van der Waals surface area contributed by atoms with E-state index in [1.165, 1.54) is 25.7 Å². The van der Waals surface area contributed by atoms with Gasteiger partial charge in [-0.2, -0.15) is 0 Å². The first-order valence-electron chi connectivity index (χ1n) is 8.04. The molecule has 2 aromatic rings. The molecule has 0 amide bonds. The summed E-state index contributed by atoms with van der Waals surface area (Å²) in [6.07, 6.45) is 5.93. The summed E-state index contributed by atoms with van der Waals surface area (Å²) in [5.41, 5.74) is 2.37. The summed E-state index contributed by atoms with van der Waals surface area (Å²) in [5.74, 6) is 0. The SMILES string of the molecule is CCc1cc2oc(=O)cc(CN(C)C3CCCC3)c2cc1Cl. The van der Waals surface area contributed by atoms with E-state index in [1.807, 2.05) is 19.1 Å². The van der Waals surface area contributed by atoms with Crippen molar-refractivity contribution in [1.29, 1.82) is 0 Å². The second-order valence-electron chi connectivity index (χ2n) is 6.24. The predicted molar refractivity (Wildman–Crippen MR) is 90.6 cm³/mol. The number of aryl methyl sites for hydroxylation is 1. The monoisotopic (exact) mass is 319 g/mol. The molecule has 0 aliphatic heterocycles. The first kappa shape index (κ1) is 15.6. The van der Waals surface area contributed by atoms with Crippen LogP contribution in [0.4, 0.5) is 0 Å². The molecule has 3 nitrogen and oxygen atoms in total. The molecule has 0 bridgehead atoms. The maximum absolute atomic E-state index is 11.9. The van der Waals surface area contributed by atoms with Crippen molar-refractivity contribution in [2.75, 3.05) is 7.05 Å². The Morgan fingerprint density at radius 1 is 1.23 bits per heavy atom. The quantitative estimate of drug-likeness (QED) is 0.784. The predicted octanol–water partition coefficient (Wildman–Crippen LogP) is 4.38. The van der Waals surface area contributed by atoms with Gasteiger partial charge in [-0.05, 0) is 49.6 Å². The Labute approximate surface area is 135 Å². The molecule has 0 unspecified atom stereocenters. The molecule has 1 aliphatic carbocycles. The van der Waals surface area contributed by atoms with Gasteiger partial charge in [0.1, 0.15) is 5.58 Å². The number of nitrogens with zero attached hydrogens (tertiary/aromatic N) is 1. The van der Waals surface area contributed by atoms with Gasteiger partial charge >= 0.3 is 5.63 Å². The van der Waals surface area contributed by atoms with E-state index < -0.39 is 0 Å². The van der Waals surface area contributed by atoms with Crippen LogP contribution in [0.2, 0.25) is 5.02 Å². The minimum atomic E-state index is -0.285. The lowest BCUT2D eigenvalue weighted by atomic mass is 10.1. The smallest absolute Gasteiger partial charge is 0.336 e. The number of hydrogen-bond acceptors (Lipinski definition) is 3. The molecular formula is C18H22ClNO2. The maximum atomic E-state index is 11.9. The molecule has 1 fully saturated rings. The third-order valence-electron chi connectivity index (χ3n) is 4.75. The largest absolute Gasteiger partial charge is 0.423 e. The molecule has 1 saturated carbocycles. The lowest BCUT2D eigenvalue weighted by molar-refractivity contribution is 0.238. The fraction of sp³-hybridized carbons (Fsp3) is 0.500. The molecule has 1 aromatic heterocycles. The third-order valence-corrected chi connectivity index (χ3v) is 5.10. The zero-order chi connectivity index (χ0) is 15.7. The third kappa shape index (κ3) is 3.06. The van der Waals surface area contributed by atoms with Gasteiger partial charge in [-0.25, -0.2) is 4.79 Å². The highest BCUT2D eigenvalue weighted by molar-refractivity contribution is 6.32. The second-order valence-corrected chi connectivity index (χ2v) is 6.64. The molecular weight excluding hydrogens is 298 g/mol. The van der Waals surface area contributed by atoms with E-state index in [1.54, 1.807) is 6.07 Å². The Morgan fingerprint density at radius 2 is 1.95 bits per heavy atom. The zero-order valence-corrected chi connectivity index (χ0v) is 13.9. The highest BCUT2D eigenvalue weighted by Crippen LogP contribution is 2.28. The maximum Gasteiger partial charge on any atom is 0.336 e. The number of benzene rings is 1. The number of rotatable bonds is 4. The first-order chi connectivity index (χ1) is 10.6. The van der Waals surface area contributed by atoms with Crippen molar-refractivity contribution >= 4 is 22.6 Å². The Bertz CT molecular complexity index is 732. The van der Waals surface area contributed by atoms with Crippen LogP contribution >= 0.6 is 11.6 Å². The van der Waals surface area contributed by atoms with E-state index >= 15 is 0 Å². The van der Waals surface area contributed by atoms with Gasteiger partial charge in [0.25, 0.3) is 0 Å². The summed E-state index contributed by atoms with van der Waals surface area (Å²) >= 11 is 6.35. The fourth-order valence-corrected chi connectivity index (χ4v) is 3.73. The average molecular weight is 320 g/mol. The van der Waals surface area contributed by atoms with Crippen LogP contribution in [-0.2, 0) is 13.0 Å². The number of hydrogen-bond donors (Lipinski definition) is 0. The van der Waals surface area contributed by atoms with Crippen molar-refractivity contribution < 1.29 is 4.42 Å². The van der Waals surface area contributed by atoms with Crippen LogP contribution in [0.1, 0.15) is 43.7 Å². The lowest BCUT2D eigenvalue weighted by Gasteiger charge is -2.24. The number of halogens is 1. The highest BCUT2D eigenvalue weighted by Gasteiger charge is 2.20. The molecule has 0 radical (unpaired) electrons. The van der Waals surface area contributed by atoms with E-state index in [0.717, 1.165) is 34.5 Å². The molecule has 4 heteroatoms. The van der Waals surface area contributed by atoms with Crippen molar-refractivity contribution in [2.45, 2.75) is 51.6 Å². The van der Waals surface area contributed by atoms with Crippen molar-refractivity contribution in [3.8, 4) is 0 Å². The molecule has 118 valence electrons. The van der Waals surface area contributed by atoms with E-state index in [4.69, 9.17) is 16.0 Å². The summed E-state index contributed by atoms with van der Waals surface area (Å²) in [6, 6.07) is 6.07. The van der Waals surface area contributed by atoms with E-state index in [9.17, 15) is 4.79 Å². The molecule has 0 atom stereocenters. The van der Waals surface area contributed by atoms with Gasteiger partial charge in [0.15, 0.2) is 0 Å². The van der Waals surface area contributed by atoms with Crippen LogP contribution in [0.25, 0.3) is 11.0 Å². The minimum absolute atomic E-state index is 0.285. The van der Waals surface area contributed by atoms with Gasteiger partial charge in [0.2, 0.25) is 0 Å². The molecule has 0 spiro atoms. The van der Waals surface area contributed by atoms with Crippen molar-refractivity contribution in [2.24, 2.45) is 0 Å². The van der Waals surface area contributed by atoms with Gasteiger partial charge in [0, 0.05) is 29.1 Å². The van der Waals surface area contributed by atoms with Crippen molar-refractivity contribution in [3.63, 3.8) is 0 Å². The summed E-state index contributed by atoms with van der Waals surface area (Å²) in [5, 5.41) is 1.69. The summed E-state index contributed by atoms with van der Waals surface area (Å²) in [4.78, 5) is 14.2. The summed E-state index contributed by atoms with van der Waals surface area (Å²) in [6.45, 7) is 2.80. The normalized spacial score (nSPS) is 16.0. The van der Waals surface area contributed by atoms with Gasteiger partial charge in [-0.3, -0.25) is 4.90 Å². The Balaban J connectivity index is 2.00. The minimum Gasteiger partial charge on any atom is -0.423 e. The molecule has 0 N–H and O–H groups in total. The summed E-state index contributed by atoms with van der Waals surface area (Å²) < 4.78 is 5.37. The Hall–Kier alpha value is -1.32. The zero-order valence-electron chi connectivity index (χ0n) is 13.2. The topological polar surface area (TPSA) is 33.5 Å². The molecule has 3 rings (SSSR count). The fourth-order valence-electron chi connectivity index (χ4n) is 3.43. The van der Waals surface area contributed by atoms with Crippen molar-refractivity contribution in [3.05, 3.63) is 44.8 Å². The van der Waals surface area contributed by atoms with E-state index in [0.29, 0.717) is 11.6 Å². The van der Waals surface area contributed by atoms with E-state index in [-0.39, 0.29) is 5.63 Å². The van der Waals surface area contributed by atoms with E-state index in [2.05, 4.69) is 11.9 Å². The van der Waals surface area contributed by atoms with Crippen molar-refractivity contribution in [1.82, 2.24) is 4.90 Å². The van der Waals surface area contributed by atoms with Gasteiger partial charge in [0.05, 0.1) is 0 Å². The lowest BCUT2D eigenvalue weighted by Crippen LogP contribution is -2.29. The number of fused-ring (bicyclic) bond motifs is 1. The molecule has 1 aromatic carbocycles. The standard InChI is InChI=1S/C18H22ClNO2/c1-3-12-8-17-15(10-16(12)19)13(9-18(21)22-17)11-20(2)14-6-4-5-7-14/h8-10,14H,3-7,11H2,1-2H3.